The van der Waals surface area contributed by atoms with Crippen LogP contribution in [0, 0.1) is 0 Å². The molecule has 0 aliphatic heterocycles. The molecule has 1 amide bonds. The van der Waals surface area contributed by atoms with E-state index in [4.69, 9.17) is 4.74 Å². The Labute approximate surface area is 131 Å². The Kier molecular flexibility index (Phi) is 5.89. The number of carbonyl (C=O) groups excluding carboxylic acids is 1. The van der Waals surface area contributed by atoms with Crippen molar-refractivity contribution in [1.29, 1.82) is 0 Å². The number of anilines is 1. The highest BCUT2D eigenvalue weighted by molar-refractivity contribution is 9.10. The van der Waals surface area contributed by atoms with Crippen molar-refractivity contribution in [3.05, 3.63) is 40.6 Å². The van der Waals surface area contributed by atoms with E-state index in [2.05, 4.69) is 31.3 Å². The lowest BCUT2D eigenvalue weighted by atomic mass is 10.2. The highest BCUT2D eigenvalue weighted by atomic mass is 79.9. The van der Waals surface area contributed by atoms with Crippen molar-refractivity contribution >= 4 is 27.8 Å². The van der Waals surface area contributed by atoms with Crippen LogP contribution in [0.25, 0.3) is 0 Å². The third-order valence-corrected chi connectivity index (χ3v) is 3.33. The van der Waals surface area contributed by atoms with Crippen LogP contribution in [0.3, 0.4) is 0 Å². The topological polar surface area (TPSA) is 69.0 Å². The van der Waals surface area contributed by atoms with Gasteiger partial charge in [-0.1, -0.05) is 28.1 Å². The summed E-state index contributed by atoms with van der Waals surface area (Å²) in [5.74, 6) is 0.225. The largest absolute Gasteiger partial charge is 0.385 e. The second-order valence-electron chi connectivity index (χ2n) is 4.54. The number of carbonyl (C=O) groups is 1. The van der Waals surface area contributed by atoms with Gasteiger partial charge in [-0.2, -0.15) is 0 Å². The zero-order chi connectivity index (χ0) is 15.1. The third kappa shape index (κ3) is 5.28. The average molecular weight is 353 g/mol. The minimum Gasteiger partial charge on any atom is -0.385 e. The van der Waals surface area contributed by atoms with Crippen LogP contribution in [0.4, 0.5) is 5.95 Å². The van der Waals surface area contributed by atoms with E-state index in [1.165, 1.54) is 0 Å². The molecule has 0 saturated carbocycles. The van der Waals surface area contributed by atoms with Crippen LogP contribution < -0.4 is 5.32 Å². The van der Waals surface area contributed by atoms with Crippen molar-refractivity contribution in [2.45, 2.75) is 19.4 Å². The van der Waals surface area contributed by atoms with E-state index in [0.29, 0.717) is 31.9 Å². The number of benzene rings is 1. The lowest BCUT2D eigenvalue weighted by Crippen LogP contribution is -2.13. The van der Waals surface area contributed by atoms with Gasteiger partial charge in [-0.05, 0) is 24.1 Å². The quantitative estimate of drug-likeness (QED) is 0.777. The predicted octanol–water partition coefficient (Wildman–Crippen LogP) is 2.45. The SMILES string of the molecule is COCCCC(=O)Nc1ncn(Cc2ccc(Br)cc2)n1. The van der Waals surface area contributed by atoms with Crippen LogP contribution in [0.1, 0.15) is 18.4 Å². The molecule has 112 valence electrons. The molecule has 7 heteroatoms. The van der Waals surface area contributed by atoms with Gasteiger partial charge in [0.05, 0.1) is 6.54 Å². The molecule has 0 bridgehead atoms. The van der Waals surface area contributed by atoms with Crippen LogP contribution in [-0.2, 0) is 16.1 Å². The molecule has 0 unspecified atom stereocenters. The predicted molar refractivity (Wildman–Crippen MR) is 83.0 cm³/mol. The lowest BCUT2D eigenvalue weighted by molar-refractivity contribution is -0.116. The van der Waals surface area contributed by atoms with Crippen molar-refractivity contribution in [2.75, 3.05) is 19.0 Å². The maximum atomic E-state index is 11.6. The molecule has 1 aromatic heterocycles. The van der Waals surface area contributed by atoms with Crippen LogP contribution in [0.15, 0.2) is 35.1 Å². The van der Waals surface area contributed by atoms with E-state index in [1.807, 2.05) is 24.3 Å². The number of nitrogens with zero attached hydrogens (tertiary/aromatic N) is 3. The number of hydrogen-bond acceptors (Lipinski definition) is 4. The Morgan fingerprint density at radius 1 is 1.38 bits per heavy atom. The fourth-order valence-electron chi connectivity index (χ4n) is 1.77. The Morgan fingerprint density at radius 3 is 2.86 bits per heavy atom. The number of aromatic nitrogens is 3. The summed E-state index contributed by atoms with van der Waals surface area (Å²) >= 11 is 3.40. The van der Waals surface area contributed by atoms with Crippen molar-refractivity contribution in [3.8, 4) is 0 Å². The van der Waals surface area contributed by atoms with Crippen molar-refractivity contribution < 1.29 is 9.53 Å². The van der Waals surface area contributed by atoms with Gasteiger partial charge in [-0.15, -0.1) is 5.10 Å². The fraction of sp³-hybridized carbons (Fsp3) is 0.357. The third-order valence-electron chi connectivity index (χ3n) is 2.80. The normalized spacial score (nSPS) is 10.6. The molecule has 0 spiro atoms. The summed E-state index contributed by atoms with van der Waals surface area (Å²) in [5.41, 5.74) is 1.11. The number of halogens is 1. The molecule has 6 nitrogen and oxygen atoms in total. The number of methoxy groups -OCH3 is 1. The maximum Gasteiger partial charge on any atom is 0.248 e. The van der Waals surface area contributed by atoms with Crippen molar-refractivity contribution in [3.63, 3.8) is 0 Å². The minimum atomic E-state index is -0.103. The first-order valence-corrected chi connectivity index (χ1v) is 7.39. The second-order valence-corrected chi connectivity index (χ2v) is 5.45. The van der Waals surface area contributed by atoms with Gasteiger partial charge >= 0.3 is 0 Å². The van der Waals surface area contributed by atoms with Gasteiger partial charge < -0.3 is 4.74 Å². The summed E-state index contributed by atoms with van der Waals surface area (Å²) in [5, 5.41) is 6.90. The van der Waals surface area contributed by atoms with E-state index < -0.39 is 0 Å². The summed E-state index contributed by atoms with van der Waals surface area (Å²) in [6.45, 7) is 1.18. The minimum absolute atomic E-state index is 0.103. The van der Waals surface area contributed by atoms with Crippen LogP contribution in [0.5, 0.6) is 0 Å². The van der Waals surface area contributed by atoms with Gasteiger partial charge in [0.2, 0.25) is 11.9 Å². The van der Waals surface area contributed by atoms with Gasteiger partial charge in [0.25, 0.3) is 0 Å². The number of amides is 1. The highest BCUT2D eigenvalue weighted by Crippen LogP contribution is 2.11. The lowest BCUT2D eigenvalue weighted by Gasteiger charge is -2.02. The molecule has 0 fully saturated rings. The molecule has 0 atom stereocenters. The molecule has 21 heavy (non-hydrogen) atoms. The summed E-state index contributed by atoms with van der Waals surface area (Å²) < 4.78 is 7.63. The fourth-order valence-corrected chi connectivity index (χ4v) is 2.03. The first-order chi connectivity index (χ1) is 10.2. The number of ether oxygens (including phenoxy) is 1. The Hall–Kier alpha value is -1.73. The molecule has 1 N–H and O–H groups in total. The Balaban J connectivity index is 1.86. The smallest absolute Gasteiger partial charge is 0.248 e. The standard InChI is InChI=1S/C14H17BrN4O2/c1-21-8-2-3-13(20)17-14-16-10-19(18-14)9-11-4-6-12(15)7-5-11/h4-7,10H,2-3,8-9H2,1H3,(H,17,18,20). The molecule has 1 aromatic carbocycles. The average Bonchev–Trinajstić information content (AvgIpc) is 2.89. The molecule has 1 heterocycles. The van der Waals surface area contributed by atoms with E-state index in [1.54, 1.807) is 18.1 Å². The number of nitrogens with one attached hydrogen (secondary N) is 1. The molecular formula is C14H17BrN4O2. The van der Waals surface area contributed by atoms with Crippen LogP contribution >= 0.6 is 15.9 Å². The molecule has 0 saturated heterocycles. The Bertz CT molecular complexity index is 583. The molecule has 0 aliphatic rings. The van der Waals surface area contributed by atoms with Crippen LogP contribution in [0.2, 0.25) is 0 Å². The molecule has 2 rings (SSSR count). The zero-order valence-corrected chi connectivity index (χ0v) is 13.3. The van der Waals surface area contributed by atoms with E-state index >= 15 is 0 Å². The zero-order valence-electron chi connectivity index (χ0n) is 11.8. The van der Waals surface area contributed by atoms with Gasteiger partial charge in [-0.3, -0.25) is 10.1 Å². The molecular weight excluding hydrogens is 336 g/mol. The van der Waals surface area contributed by atoms with Crippen molar-refractivity contribution in [1.82, 2.24) is 14.8 Å². The van der Waals surface area contributed by atoms with Gasteiger partial charge in [-0.25, -0.2) is 9.67 Å². The molecule has 2 aromatic rings. The summed E-state index contributed by atoms with van der Waals surface area (Å²) in [6.07, 6.45) is 2.68. The number of hydrogen-bond donors (Lipinski definition) is 1. The monoisotopic (exact) mass is 352 g/mol. The van der Waals surface area contributed by atoms with E-state index in [0.717, 1.165) is 10.0 Å². The van der Waals surface area contributed by atoms with Crippen LogP contribution in [-0.4, -0.2) is 34.4 Å². The number of rotatable bonds is 7. The molecule has 0 radical (unpaired) electrons. The van der Waals surface area contributed by atoms with Crippen molar-refractivity contribution in [2.24, 2.45) is 0 Å². The Morgan fingerprint density at radius 2 is 2.14 bits per heavy atom. The second kappa shape index (κ2) is 7.90. The summed E-state index contributed by atoms with van der Waals surface area (Å²) in [7, 11) is 1.61. The van der Waals surface area contributed by atoms with E-state index in [9.17, 15) is 4.79 Å². The molecule has 0 aliphatic carbocycles. The first kappa shape index (κ1) is 15.7. The maximum absolute atomic E-state index is 11.6. The summed E-state index contributed by atoms with van der Waals surface area (Å²) in [6, 6.07) is 7.97. The van der Waals surface area contributed by atoms with Gasteiger partial charge in [0.15, 0.2) is 0 Å². The van der Waals surface area contributed by atoms with E-state index in [-0.39, 0.29) is 5.91 Å². The summed E-state index contributed by atoms with van der Waals surface area (Å²) in [4.78, 5) is 15.7. The first-order valence-electron chi connectivity index (χ1n) is 6.60. The van der Waals surface area contributed by atoms with Gasteiger partial charge in [0.1, 0.15) is 6.33 Å². The van der Waals surface area contributed by atoms with Gasteiger partial charge in [0, 0.05) is 24.6 Å². The highest BCUT2D eigenvalue weighted by Gasteiger charge is 2.06.